The van der Waals surface area contributed by atoms with Gasteiger partial charge in [-0.25, -0.2) is 0 Å². The first kappa shape index (κ1) is 9.30. The fraction of sp³-hybridized carbons (Fsp3) is 0.200. The van der Waals surface area contributed by atoms with E-state index in [4.69, 9.17) is 5.73 Å². The molecule has 0 saturated heterocycles. The Hall–Kier alpha value is -1.26. The van der Waals surface area contributed by atoms with Gasteiger partial charge in [-0.15, -0.1) is 10.2 Å². The molecule has 0 unspecified atom stereocenters. The molecule has 72 valence electrons. The molecular formula is C10H11N3S. The minimum absolute atomic E-state index is 0.0371. The van der Waals surface area contributed by atoms with Crippen LogP contribution >= 0.6 is 11.3 Å². The van der Waals surface area contributed by atoms with Gasteiger partial charge in [0, 0.05) is 5.56 Å². The fourth-order valence-corrected chi connectivity index (χ4v) is 1.92. The summed E-state index contributed by atoms with van der Waals surface area (Å²) < 4.78 is 0. The van der Waals surface area contributed by atoms with E-state index in [9.17, 15) is 0 Å². The van der Waals surface area contributed by atoms with Gasteiger partial charge >= 0.3 is 0 Å². The van der Waals surface area contributed by atoms with Crippen LogP contribution in [0.5, 0.6) is 0 Å². The second-order valence-corrected chi connectivity index (χ2v) is 4.11. The average molecular weight is 205 g/mol. The lowest BCUT2D eigenvalue weighted by molar-refractivity contribution is 0.786. The molecule has 4 heteroatoms. The summed E-state index contributed by atoms with van der Waals surface area (Å²) in [6, 6.07) is 9.96. The summed E-state index contributed by atoms with van der Waals surface area (Å²) in [5.74, 6) is 0. The predicted molar refractivity (Wildman–Crippen MR) is 57.9 cm³/mol. The van der Waals surface area contributed by atoms with Crippen LogP contribution in [0.3, 0.4) is 0 Å². The molecule has 0 saturated carbocycles. The van der Waals surface area contributed by atoms with Gasteiger partial charge in [-0.2, -0.15) is 0 Å². The zero-order chi connectivity index (χ0) is 9.97. The third kappa shape index (κ3) is 1.81. The van der Waals surface area contributed by atoms with Crippen LogP contribution in [0.25, 0.3) is 10.6 Å². The van der Waals surface area contributed by atoms with Crippen molar-refractivity contribution in [2.24, 2.45) is 5.73 Å². The van der Waals surface area contributed by atoms with Crippen molar-refractivity contribution in [3.8, 4) is 10.6 Å². The van der Waals surface area contributed by atoms with Crippen LogP contribution in [0.2, 0.25) is 0 Å². The molecule has 0 aliphatic carbocycles. The van der Waals surface area contributed by atoms with E-state index in [-0.39, 0.29) is 6.04 Å². The Morgan fingerprint density at radius 2 is 1.93 bits per heavy atom. The molecule has 0 fully saturated rings. The maximum atomic E-state index is 5.71. The summed E-state index contributed by atoms with van der Waals surface area (Å²) in [4.78, 5) is 0. The number of rotatable bonds is 2. The first-order valence-electron chi connectivity index (χ1n) is 4.42. The lowest BCUT2D eigenvalue weighted by Crippen LogP contribution is -2.03. The third-order valence-electron chi connectivity index (χ3n) is 1.85. The molecule has 2 rings (SSSR count). The zero-order valence-corrected chi connectivity index (χ0v) is 8.66. The minimum atomic E-state index is -0.0371. The van der Waals surface area contributed by atoms with Gasteiger partial charge < -0.3 is 5.73 Å². The van der Waals surface area contributed by atoms with E-state index < -0.39 is 0 Å². The molecule has 0 amide bonds. The van der Waals surface area contributed by atoms with Crippen molar-refractivity contribution in [2.75, 3.05) is 0 Å². The highest BCUT2D eigenvalue weighted by Gasteiger charge is 2.08. The minimum Gasteiger partial charge on any atom is -0.322 e. The maximum Gasteiger partial charge on any atom is 0.147 e. The molecule has 14 heavy (non-hydrogen) atoms. The van der Waals surface area contributed by atoms with Gasteiger partial charge in [-0.3, -0.25) is 0 Å². The number of benzene rings is 1. The second-order valence-electron chi connectivity index (χ2n) is 3.10. The molecule has 1 aromatic carbocycles. The van der Waals surface area contributed by atoms with E-state index in [1.54, 1.807) is 11.3 Å². The Morgan fingerprint density at radius 1 is 1.21 bits per heavy atom. The smallest absolute Gasteiger partial charge is 0.147 e. The van der Waals surface area contributed by atoms with Crippen LogP contribution in [0.1, 0.15) is 18.0 Å². The van der Waals surface area contributed by atoms with Crippen molar-refractivity contribution in [2.45, 2.75) is 13.0 Å². The van der Waals surface area contributed by atoms with Crippen LogP contribution < -0.4 is 5.73 Å². The summed E-state index contributed by atoms with van der Waals surface area (Å²) >= 11 is 1.55. The highest BCUT2D eigenvalue weighted by Crippen LogP contribution is 2.25. The molecular weight excluding hydrogens is 194 g/mol. The topological polar surface area (TPSA) is 51.8 Å². The van der Waals surface area contributed by atoms with Gasteiger partial charge in [0.15, 0.2) is 0 Å². The van der Waals surface area contributed by atoms with E-state index in [0.717, 1.165) is 15.6 Å². The quantitative estimate of drug-likeness (QED) is 0.818. The molecule has 1 atom stereocenters. The van der Waals surface area contributed by atoms with Crippen molar-refractivity contribution in [3.63, 3.8) is 0 Å². The van der Waals surface area contributed by atoms with Crippen molar-refractivity contribution >= 4 is 11.3 Å². The largest absolute Gasteiger partial charge is 0.322 e. The van der Waals surface area contributed by atoms with Crippen LogP contribution in [0.15, 0.2) is 30.3 Å². The normalized spacial score (nSPS) is 12.7. The molecule has 0 aliphatic rings. The van der Waals surface area contributed by atoms with Crippen molar-refractivity contribution in [3.05, 3.63) is 35.3 Å². The van der Waals surface area contributed by atoms with Crippen molar-refractivity contribution in [1.29, 1.82) is 0 Å². The van der Waals surface area contributed by atoms with Gasteiger partial charge in [0.1, 0.15) is 10.0 Å². The Kier molecular flexibility index (Phi) is 2.56. The first-order chi connectivity index (χ1) is 6.77. The highest BCUT2D eigenvalue weighted by atomic mass is 32.1. The highest BCUT2D eigenvalue weighted by molar-refractivity contribution is 7.14. The van der Waals surface area contributed by atoms with E-state index in [1.807, 2.05) is 37.3 Å². The number of nitrogens with zero attached hydrogens (tertiary/aromatic N) is 2. The summed E-state index contributed by atoms with van der Waals surface area (Å²) in [7, 11) is 0. The van der Waals surface area contributed by atoms with Crippen LogP contribution in [-0.4, -0.2) is 10.2 Å². The third-order valence-corrected chi connectivity index (χ3v) is 3.02. The first-order valence-corrected chi connectivity index (χ1v) is 5.23. The number of aromatic nitrogens is 2. The predicted octanol–water partition coefficient (Wildman–Crippen LogP) is 2.22. The Labute approximate surface area is 86.6 Å². The Morgan fingerprint density at radius 3 is 2.50 bits per heavy atom. The molecule has 0 bridgehead atoms. The van der Waals surface area contributed by atoms with Gasteiger partial charge in [0.2, 0.25) is 0 Å². The SMILES string of the molecule is C[C@H](N)c1nnc(-c2ccccc2)s1. The molecule has 2 aromatic rings. The molecule has 2 N–H and O–H groups in total. The van der Waals surface area contributed by atoms with Gasteiger partial charge in [-0.1, -0.05) is 41.7 Å². The molecule has 0 aliphatic heterocycles. The van der Waals surface area contributed by atoms with Crippen LogP contribution in [-0.2, 0) is 0 Å². The van der Waals surface area contributed by atoms with Gasteiger partial charge in [0.25, 0.3) is 0 Å². The van der Waals surface area contributed by atoms with Crippen LogP contribution in [0.4, 0.5) is 0 Å². The molecule has 1 aromatic heterocycles. The van der Waals surface area contributed by atoms with E-state index in [2.05, 4.69) is 10.2 Å². The molecule has 1 heterocycles. The molecule has 3 nitrogen and oxygen atoms in total. The Bertz CT molecular complexity index is 408. The second kappa shape index (κ2) is 3.86. The van der Waals surface area contributed by atoms with Gasteiger partial charge in [0.05, 0.1) is 6.04 Å². The summed E-state index contributed by atoms with van der Waals surface area (Å²) in [5, 5.41) is 9.94. The van der Waals surface area contributed by atoms with Crippen molar-refractivity contribution < 1.29 is 0 Å². The van der Waals surface area contributed by atoms with Crippen LogP contribution in [0, 0.1) is 0 Å². The van der Waals surface area contributed by atoms with Gasteiger partial charge in [-0.05, 0) is 6.92 Å². The monoisotopic (exact) mass is 205 g/mol. The summed E-state index contributed by atoms with van der Waals surface area (Å²) in [6.07, 6.45) is 0. The van der Waals surface area contributed by atoms with E-state index in [0.29, 0.717) is 0 Å². The molecule has 0 radical (unpaired) electrons. The Balaban J connectivity index is 2.34. The lowest BCUT2D eigenvalue weighted by Gasteiger charge is -1.95. The molecule has 0 spiro atoms. The average Bonchev–Trinajstić information content (AvgIpc) is 2.68. The van der Waals surface area contributed by atoms with E-state index in [1.165, 1.54) is 0 Å². The number of hydrogen-bond donors (Lipinski definition) is 1. The number of nitrogens with two attached hydrogens (primary N) is 1. The summed E-state index contributed by atoms with van der Waals surface area (Å²) in [6.45, 7) is 1.91. The lowest BCUT2D eigenvalue weighted by atomic mass is 10.2. The van der Waals surface area contributed by atoms with Crippen molar-refractivity contribution in [1.82, 2.24) is 10.2 Å². The summed E-state index contributed by atoms with van der Waals surface area (Å²) in [5.41, 5.74) is 6.81. The van der Waals surface area contributed by atoms with E-state index >= 15 is 0 Å². The maximum absolute atomic E-state index is 5.71. The fourth-order valence-electron chi connectivity index (χ4n) is 1.12. The standard InChI is InChI=1S/C10H11N3S/c1-7(11)9-12-13-10(14-9)8-5-3-2-4-6-8/h2-7H,11H2,1H3/t7-/m0/s1. The zero-order valence-electron chi connectivity index (χ0n) is 7.84. The number of hydrogen-bond acceptors (Lipinski definition) is 4.